The predicted molar refractivity (Wildman–Crippen MR) is 53.7 cm³/mol. The molecule has 1 heterocycles. The van der Waals surface area contributed by atoms with Crippen LogP contribution in [0.25, 0.3) is 0 Å². The first-order chi connectivity index (χ1) is 6.26. The van der Waals surface area contributed by atoms with Crippen LogP contribution in [0.5, 0.6) is 0 Å². The van der Waals surface area contributed by atoms with Gasteiger partial charge in [-0.1, -0.05) is 13.8 Å². The summed E-state index contributed by atoms with van der Waals surface area (Å²) in [7, 11) is 1.36. The Balaban J connectivity index is 2.96. The topological polar surface area (TPSA) is 35.5 Å². The van der Waals surface area contributed by atoms with Crippen molar-refractivity contribution in [3.63, 3.8) is 0 Å². The van der Waals surface area contributed by atoms with Crippen LogP contribution in [0.4, 0.5) is 0 Å². The van der Waals surface area contributed by atoms with Crippen LogP contribution in [0.15, 0.2) is 11.8 Å². The molecule has 0 bridgehead atoms. The Kier molecular flexibility index (Phi) is 2.61. The third-order valence-corrected chi connectivity index (χ3v) is 2.18. The zero-order valence-corrected chi connectivity index (χ0v) is 9.51. The molecule has 3 nitrogen and oxygen atoms in total. The van der Waals surface area contributed by atoms with E-state index in [9.17, 15) is 4.79 Å². The third-order valence-electron chi connectivity index (χ3n) is 2.18. The molecular formula is C11H18O3. The van der Waals surface area contributed by atoms with Gasteiger partial charge in [0.2, 0.25) is 5.76 Å². The zero-order valence-electron chi connectivity index (χ0n) is 9.51. The normalized spacial score (nSPS) is 23.4. The second-order valence-corrected chi connectivity index (χ2v) is 5.03. The van der Waals surface area contributed by atoms with E-state index < -0.39 is 5.97 Å². The summed E-state index contributed by atoms with van der Waals surface area (Å²) in [4.78, 5) is 11.3. The highest BCUT2D eigenvalue weighted by Gasteiger charge is 2.37. The number of hydrogen-bond acceptors (Lipinski definition) is 3. The first-order valence-electron chi connectivity index (χ1n) is 4.76. The molecule has 1 aliphatic rings. The van der Waals surface area contributed by atoms with Crippen LogP contribution in [0, 0.1) is 5.41 Å². The number of methoxy groups -OCH3 is 1. The average molecular weight is 198 g/mol. The lowest BCUT2D eigenvalue weighted by Crippen LogP contribution is -2.36. The van der Waals surface area contributed by atoms with Gasteiger partial charge >= 0.3 is 5.97 Å². The van der Waals surface area contributed by atoms with Crippen LogP contribution in [-0.4, -0.2) is 18.7 Å². The van der Waals surface area contributed by atoms with Gasteiger partial charge in [0.05, 0.1) is 7.11 Å². The van der Waals surface area contributed by atoms with E-state index in [1.165, 1.54) is 7.11 Å². The number of carbonyl (C=O) groups is 1. The van der Waals surface area contributed by atoms with E-state index in [1.807, 2.05) is 19.9 Å². The Morgan fingerprint density at radius 2 is 2.00 bits per heavy atom. The minimum atomic E-state index is -0.397. The maximum absolute atomic E-state index is 11.3. The minimum absolute atomic E-state index is 0.0225. The highest BCUT2D eigenvalue weighted by atomic mass is 16.6. The summed E-state index contributed by atoms with van der Waals surface area (Å²) < 4.78 is 10.2. The molecule has 0 fully saturated rings. The molecule has 0 spiro atoms. The SMILES string of the molecule is COC(=O)C1=CC(C)(C)CC(C)(C)O1. The summed E-state index contributed by atoms with van der Waals surface area (Å²) >= 11 is 0. The lowest BCUT2D eigenvalue weighted by atomic mass is 9.79. The van der Waals surface area contributed by atoms with Gasteiger partial charge in [0.15, 0.2) is 0 Å². The molecule has 14 heavy (non-hydrogen) atoms. The fraction of sp³-hybridized carbons (Fsp3) is 0.727. The van der Waals surface area contributed by atoms with Gasteiger partial charge in [0, 0.05) is 0 Å². The maximum Gasteiger partial charge on any atom is 0.373 e. The first-order valence-corrected chi connectivity index (χ1v) is 4.76. The van der Waals surface area contributed by atoms with Gasteiger partial charge in [-0.15, -0.1) is 0 Å². The lowest BCUT2D eigenvalue weighted by molar-refractivity contribution is -0.145. The summed E-state index contributed by atoms with van der Waals surface area (Å²) in [6, 6.07) is 0. The Morgan fingerprint density at radius 3 is 2.43 bits per heavy atom. The van der Waals surface area contributed by atoms with E-state index in [-0.39, 0.29) is 11.0 Å². The van der Waals surface area contributed by atoms with Gasteiger partial charge in [-0.2, -0.15) is 0 Å². The second-order valence-electron chi connectivity index (χ2n) is 5.03. The number of esters is 1. The Bertz CT molecular complexity index is 274. The van der Waals surface area contributed by atoms with Crippen LogP contribution in [-0.2, 0) is 14.3 Å². The molecule has 1 aliphatic heterocycles. The van der Waals surface area contributed by atoms with Crippen LogP contribution in [0.2, 0.25) is 0 Å². The van der Waals surface area contributed by atoms with Gasteiger partial charge in [0.25, 0.3) is 0 Å². The van der Waals surface area contributed by atoms with Crippen molar-refractivity contribution < 1.29 is 14.3 Å². The standard InChI is InChI=1S/C11H18O3/c1-10(2)6-8(9(12)13-5)14-11(3,4)7-10/h6H,7H2,1-5H3. The Labute approximate surface area is 85.1 Å². The number of allylic oxidation sites excluding steroid dienone is 1. The molecule has 0 radical (unpaired) electrons. The molecule has 3 heteroatoms. The molecule has 0 aromatic heterocycles. The van der Waals surface area contributed by atoms with Crippen molar-refractivity contribution in [3.05, 3.63) is 11.8 Å². The van der Waals surface area contributed by atoms with Crippen LogP contribution in [0.1, 0.15) is 34.1 Å². The lowest BCUT2D eigenvalue weighted by Gasteiger charge is -2.38. The number of carbonyl (C=O) groups excluding carboxylic acids is 1. The van der Waals surface area contributed by atoms with Crippen molar-refractivity contribution >= 4 is 5.97 Å². The van der Waals surface area contributed by atoms with E-state index in [1.54, 1.807) is 0 Å². The fourth-order valence-electron chi connectivity index (χ4n) is 2.07. The van der Waals surface area contributed by atoms with Crippen molar-refractivity contribution in [1.82, 2.24) is 0 Å². The number of hydrogen-bond donors (Lipinski definition) is 0. The second kappa shape index (κ2) is 3.30. The molecular weight excluding hydrogens is 180 g/mol. The van der Waals surface area contributed by atoms with Crippen molar-refractivity contribution in [3.8, 4) is 0 Å². The van der Waals surface area contributed by atoms with Crippen molar-refractivity contribution in [2.45, 2.75) is 39.7 Å². The highest BCUT2D eigenvalue weighted by molar-refractivity contribution is 5.86. The molecule has 0 saturated carbocycles. The smallest absolute Gasteiger partial charge is 0.373 e. The van der Waals surface area contributed by atoms with E-state index in [0.717, 1.165) is 6.42 Å². The van der Waals surface area contributed by atoms with Crippen molar-refractivity contribution in [2.75, 3.05) is 7.11 Å². The molecule has 0 atom stereocenters. The van der Waals surface area contributed by atoms with Gasteiger partial charge in [-0.3, -0.25) is 0 Å². The molecule has 0 aromatic carbocycles. The van der Waals surface area contributed by atoms with E-state index in [0.29, 0.717) is 5.76 Å². The quantitative estimate of drug-likeness (QED) is 0.606. The van der Waals surface area contributed by atoms with Crippen LogP contribution >= 0.6 is 0 Å². The van der Waals surface area contributed by atoms with E-state index in [4.69, 9.17) is 4.74 Å². The molecule has 80 valence electrons. The zero-order chi connectivity index (χ0) is 11.0. The highest BCUT2D eigenvalue weighted by Crippen LogP contribution is 2.38. The van der Waals surface area contributed by atoms with Gasteiger partial charge in [-0.05, 0) is 31.8 Å². The summed E-state index contributed by atoms with van der Waals surface area (Å²) in [6.45, 7) is 8.12. The number of rotatable bonds is 1. The summed E-state index contributed by atoms with van der Waals surface area (Å²) in [5.74, 6) is -0.0698. The minimum Gasteiger partial charge on any atom is -0.481 e. The summed E-state index contributed by atoms with van der Waals surface area (Å²) in [5.41, 5.74) is -0.326. The third kappa shape index (κ3) is 2.50. The van der Waals surface area contributed by atoms with Gasteiger partial charge < -0.3 is 9.47 Å². The Morgan fingerprint density at radius 1 is 1.43 bits per heavy atom. The summed E-state index contributed by atoms with van der Waals surface area (Å²) in [5, 5.41) is 0. The first kappa shape index (κ1) is 11.1. The molecule has 0 unspecified atom stereocenters. The van der Waals surface area contributed by atoms with Crippen molar-refractivity contribution in [2.24, 2.45) is 5.41 Å². The largest absolute Gasteiger partial charge is 0.481 e. The Hall–Kier alpha value is -0.990. The predicted octanol–water partition coefficient (Wildman–Crippen LogP) is 2.27. The monoisotopic (exact) mass is 198 g/mol. The molecule has 0 saturated heterocycles. The van der Waals surface area contributed by atoms with Crippen LogP contribution in [0.3, 0.4) is 0 Å². The fourth-order valence-corrected chi connectivity index (χ4v) is 2.07. The molecule has 0 amide bonds. The van der Waals surface area contributed by atoms with E-state index >= 15 is 0 Å². The summed E-state index contributed by atoms with van der Waals surface area (Å²) in [6.07, 6.45) is 2.73. The van der Waals surface area contributed by atoms with Crippen molar-refractivity contribution in [1.29, 1.82) is 0 Å². The number of ether oxygens (including phenoxy) is 2. The van der Waals surface area contributed by atoms with Crippen LogP contribution < -0.4 is 0 Å². The van der Waals surface area contributed by atoms with E-state index in [2.05, 4.69) is 18.6 Å². The molecule has 0 N–H and O–H groups in total. The molecule has 1 rings (SSSR count). The van der Waals surface area contributed by atoms with Gasteiger partial charge in [0.1, 0.15) is 5.60 Å². The molecule has 0 aromatic rings. The average Bonchev–Trinajstić information content (AvgIpc) is 1.97. The van der Waals surface area contributed by atoms with Gasteiger partial charge in [-0.25, -0.2) is 4.79 Å². The molecule has 0 aliphatic carbocycles. The maximum atomic E-state index is 11.3.